The van der Waals surface area contributed by atoms with Crippen LogP contribution in [0.1, 0.15) is 29.6 Å². The second kappa shape index (κ2) is 7.44. The number of hydrogen-bond donors (Lipinski definition) is 1. The zero-order valence-electron chi connectivity index (χ0n) is 15.8. The molecule has 0 aliphatic carbocycles. The molecule has 1 amide bonds. The quantitative estimate of drug-likeness (QED) is 0.717. The van der Waals surface area contributed by atoms with Gasteiger partial charge in [-0.15, -0.1) is 0 Å². The lowest BCUT2D eigenvalue weighted by Gasteiger charge is -2.46. The minimum atomic E-state index is -0.528. The average molecular weight is 407 g/mol. The summed E-state index contributed by atoms with van der Waals surface area (Å²) in [5, 5.41) is 7.05. The molecule has 1 N–H and O–H groups in total. The number of carbonyl (C=O) groups excluding carboxylic acids is 1. The smallest absolute Gasteiger partial charge is 0.251 e. The van der Waals surface area contributed by atoms with E-state index in [0.717, 1.165) is 24.2 Å². The first kappa shape index (κ1) is 18.1. The highest BCUT2D eigenvalue weighted by Gasteiger charge is 2.44. The summed E-state index contributed by atoms with van der Waals surface area (Å²) >= 11 is 1.60. The van der Waals surface area contributed by atoms with E-state index in [2.05, 4.69) is 20.2 Å². The number of piperidine rings is 1. The lowest BCUT2D eigenvalue weighted by Crippen LogP contribution is -2.53. The molecule has 0 spiro atoms. The number of aromatic nitrogens is 3. The molecule has 148 valence electrons. The summed E-state index contributed by atoms with van der Waals surface area (Å²) in [6, 6.07) is 8.56. The highest BCUT2D eigenvalue weighted by Crippen LogP contribution is 2.41. The van der Waals surface area contributed by atoms with Crippen molar-refractivity contribution in [2.75, 3.05) is 18.0 Å². The summed E-state index contributed by atoms with van der Waals surface area (Å²) in [5.41, 5.74) is 1.88. The number of pyridine rings is 1. The third-order valence-corrected chi connectivity index (χ3v) is 6.53. The molecule has 8 heteroatoms. The van der Waals surface area contributed by atoms with Crippen molar-refractivity contribution in [3.05, 3.63) is 75.1 Å². The van der Waals surface area contributed by atoms with Crippen molar-refractivity contribution in [2.24, 2.45) is 5.92 Å². The van der Waals surface area contributed by atoms with Crippen LogP contribution < -0.4 is 15.8 Å². The first-order chi connectivity index (χ1) is 14.2. The fourth-order valence-corrected chi connectivity index (χ4v) is 5.24. The standard InChI is InChI=1S/C21H21N5O2S/c27-18-4-1-3-17-15-9-16(12-25(11-15)21-22-6-2-7-23-21)19(26(17)18)20(28)24-10-14-5-8-29-13-14/h1-8,13,15-16,19H,9-12H2,(H,24,28)/t15-,16+,19-/m1/s1. The van der Waals surface area contributed by atoms with Gasteiger partial charge in [0.1, 0.15) is 6.04 Å². The lowest BCUT2D eigenvalue weighted by molar-refractivity contribution is -0.127. The zero-order chi connectivity index (χ0) is 19.8. The summed E-state index contributed by atoms with van der Waals surface area (Å²) in [4.78, 5) is 36.9. The third kappa shape index (κ3) is 3.33. The van der Waals surface area contributed by atoms with Gasteiger partial charge >= 0.3 is 0 Å². The molecule has 3 aromatic heterocycles. The molecule has 2 aliphatic rings. The molecule has 29 heavy (non-hydrogen) atoms. The number of nitrogens with one attached hydrogen (secondary N) is 1. The van der Waals surface area contributed by atoms with Crippen molar-refractivity contribution in [3.8, 4) is 0 Å². The molecule has 5 rings (SSSR count). The largest absolute Gasteiger partial charge is 0.350 e. The number of nitrogens with zero attached hydrogens (tertiary/aromatic N) is 4. The Morgan fingerprint density at radius 3 is 2.83 bits per heavy atom. The molecule has 1 saturated heterocycles. The third-order valence-electron chi connectivity index (χ3n) is 5.80. The Hall–Kier alpha value is -3.00. The van der Waals surface area contributed by atoms with Gasteiger partial charge in [0.05, 0.1) is 0 Å². The van der Waals surface area contributed by atoms with E-state index in [0.29, 0.717) is 19.0 Å². The minimum Gasteiger partial charge on any atom is -0.350 e. The molecule has 0 radical (unpaired) electrons. The van der Waals surface area contributed by atoms with Gasteiger partial charge in [-0.2, -0.15) is 11.3 Å². The molecule has 3 atom stereocenters. The molecule has 2 aliphatic heterocycles. The molecule has 5 heterocycles. The summed E-state index contributed by atoms with van der Waals surface area (Å²) in [6.07, 6.45) is 4.34. The van der Waals surface area contributed by atoms with Crippen LogP contribution >= 0.6 is 11.3 Å². The van der Waals surface area contributed by atoms with Crippen LogP contribution in [0.25, 0.3) is 0 Å². The first-order valence-electron chi connectivity index (χ1n) is 9.73. The summed E-state index contributed by atoms with van der Waals surface area (Å²) in [6.45, 7) is 1.86. The van der Waals surface area contributed by atoms with Gasteiger partial charge in [0, 0.05) is 55.6 Å². The van der Waals surface area contributed by atoms with Crippen LogP contribution in [0.3, 0.4) is 0 Å². The number of fused-ring (bicyclic) bond motifs is 4. The Morgan fingerprint density at radius 2 is 2.03 bits per heavy atom. The van der Waals surface area contributed by atoms with Crippen molar-refractivity contribution >= 4 is 23.2 Å². The normalized spacial score (nSPS) is 22.8. The van der Waals surface area contributed by atoms with Crippen LogP contribution in [0, 0.1) is 5.92 Å². The molecular weight excluding hydrogens is 386 g/mol. The van der Waals surface area contributed by atoms with Gasteiger partial charge in [0.2, 0.25) is 11.9 Å². The monoisotopic (exact) mass is 407 g/mol. The van der Waals surface area contributed by atoms with Crippen LogP contribution in [0.5, 0.6) is 0 Å². The van der Waals surface area contributed by atoms with E-state index in [9.17, 15) is 9.59 Å². The fraction of sp³-hybridized carbons (Fsp3) is 0.333. The van der Waals surface area contributed by atoms with E-state index in [1.165, 1.54) is 0 Å². The van der Waals surface area contributed by atoms with E-state index in [-0.39, 0.29) is 23.3 Å². The summed E-state index contributed by atoms with van der Waals surface area (Å²) < 4.78 is 1.71. The highest BCUT2D eigenvalue weighted by atomic mass is 32.1. The van der Waals surface area contributed by atoms with E-state index in [4.69, 9.17) is 0 Å². The van der Waals surface area contributed by atoms with Crippen LogP contribution in [0.4, 0.5) is 5.95 Å². The van der Waals surface area contributed by atoms with Gasteiger partial charge in [0.25, 0.3) is 5.56 Å². The van der Waals surface area contributed by atoms with E-state index in [1.54, 1.807) is 46.5 Å². The maximum absolute atomic E-state index is 13.2. The Morgan fingerprint density at radius 1 is 1.17 bits per heavy atom. The highest BCUT2D eigenvalue weighted by molar-refractivity contribution is 7.07. The Labute approximate surface area is 172 Å². The van der Waals surface area contributed by atoms with E-state index < -0.39 is 6.04 Å². The number of hydrogen-bond acceptors (Lipinski definition) is 6. The minimum absolute atomic E-state index is 0.0210. The number of anilines is 1. The number of amides is 1. The van der Waals surface area contributed by atoms with Crippen LogP contribution in [-0.2, 0) is 11.3 Å². The molecule has 0 unspecified atom stereocenters. The Bertz CT molecular complexity index is 1070. The number of thiophene rings is 1. The maximum atomic E-state index is 13.2. The first-order valence-corrected chi connectivity index (χ1v) is 10.7. The summed E-state index contributed by atoms with van der Waals surface area (Å²) in [5.74, 6) is 0.761. The second-order valence-corrected chi connectivity index (χ2v) is 8.38. The van der Waals surface area contributed by atoms with Crippen LogP contribution in [-0.4, -0.2) is 33.5 Å². The SMILES string of the molecule is O=C(NCc1ccsc1)[C@H]1[C@H]2C[C@H](CN(c3ncccn3)C2)c2cccc(=O)n21. The van der Waals surface area contributed by atoms with Crippen molar-refractivity contribution in [3.63, 3.8) is 0 Å². The maximum Gasteiger partial charge on any atom is 0.251 e. The molecule has 1 fully saturated rings. The van der Waals surface area contributed by atoms with Gasteiger partial charge in [0.15, 0.2) is 0 Å². The van der Waals surface area contributed by atoms with Crippen LogP contribution in [0.2, 0.25) is 0 Å². The number of carbonyl (C=O) groups is 1. The topological polar surface area (TPSA) is 80.1 Å². The molecular formula is C21H21N5O2S. The molecule has 0 aromatic carbocycles. The van der Waals surface area contributed by atoms with Gasteiger partial charge in [-0.1, -0.05) is 6.07 Å². The molecule has 7 nitrogen and oxygen atoms in total. The molecule has 2 bridgehead atoms. The van der Waals surface area contributed by atoms with Crippen LogP contribution in [0.15, 0.2) is 58.3 Å². The summed E-state index contributed by atoms with van der Waals surface area (Å²) in [7, 11) is 0. The predicted octanol–water partition coefficient (Wildman–Crippen LogP) is 2.18. The van der Waals surface area contributed by atoms with Crippen molar-refractivity contribution < 1.29 is 4.79 Å². The second-order valence-electron chi connectivity index (χ2n) is 7.60. The zero-order valence-corrected chi connectivity index (χ0v) is 16.6. The fourth-order valence-electron chi connectivity index (χ4n) is 4.58. The van der Waals surface area contributed by atoms with Crippen molar-refractivity contribution in [1.29, 1.82) is 0 Å². The van der Waals surface area contributed by atoms with E-state index in [1.807, 2.05) is 22.9 Å². The van der Waals surface area contributed by atoms with Gasteiger partial charge in [-0.05, 0) is 40.9 Å². The Kier molecular flexibility index (Phi) is 4.63. The average Bonchev–Trinajstić information content (AvgIpc) is 3.27. The lowest BCUT2D eigenvalue weighted by atomic mass is 9.78. The predicted molar refractivity (Wildman–Crippen MR) is 111 cm³/mol. The van der Waals surface area contributed by atoms with E-state index >= 15 is 0 Å². The van der Waals surface area contributed by atoms with Crippen molar-refractivity contribution in [2.45, 2.75) is 24.9 Å². The molecule has 0 saturated carbocycles. The Balaban J connectivity index is 1.49. The molecule has 3 aromatic rings. The van der Waals surface area contributed by atoms with Gasteiger partial charge < -0.3 is 10.2 Å². The van der Waals surface area contributed by atoms with Gasteiger partial charge in [-0.3, -0.25) is 14.2 Å². The van der Waals surface area contributed by atoms with Crippen molar-refractivity contribution in [1.82, 2.24) is 19.9 Å². The van der Waals surface area contributed by atoms with Gasteiger partial charge in [-0.25, -0.2) is 9.97 Å². The number of rotatable bonds is 4.